The summed E-state index contributed by atoms with van der Waals surface area (Å²) >= 11 is 0. The lowest BCUT2D eigenvalue weighted by Crippen LogP contribution is -2.44. The minimum absolute atomic E-state index is 0.0187. The van der Waals surface area contributed by atoms with Gasteiger partial charge in [0.1, 0.15) is 43.7 Å². The Labute approximate surface area is 834 Å². The van der Waals surface area contributed by atoms with Crippen LogP contribution in [0.3, 0.4) is 0 Å². The molecule has 0 aliphatic heterocycles. The van der Waals surface area contributed by atoms with E-state index in [0.29, 0.717) is 95.5 Å². The minimum atomic E-state index is -1.47. The summed E-state index contributed by atoms with van der Waals surface area (Å²) < 4.78 is 28.1. The van der Waals surface area contributed by atoms with Gasteiger partial charge in [0, 0.05) is 19.3 Å². The fraction of sp³-hybridized carbons (Fsp3) is 0.690. The number of aliphatic carboxylic acids is 8. The molecule has 0 aliphatic carbocycles. The van der Waals surface area contributed by atoms with E-state index in [2.05, 4.69) is 63.5 Å². The van der Waals surface area contributed by atoms with Crippen LogP contribution in [0, 0.1) is 80.9 Å². The van der Waals surface area contributed by atoms with Crippen LogP contribution in [0.2, 0.25) is 0 Å². The van der Waals surface area contributed by atoms with E-state index in [0.717, 1.165) is 0 Å². The zero-order valence-corrected chi connectivity index (χ0v) is 78.4. The average molecular weight is 2190 g/mol. The Morgan fingerprint density at radius 1 is 0.242 bits per heavy atom. The normalized spacial score (nSPS) is 11.5. The molecule has 0 bridgehead atoms. The number of hydrogen-bond acceptors (Lipinski definition) is 54. The Morgan fingerprint density at radius 2 is 0.450 bits per heavy atom. The molecule has 0 fully saturated rings. The first-order chi connectivity index (χ1) is 70.2. The van der Waals surface area contributed by atoms with Crippen molar-refractivity contribution in [2.75, 3.05) is 145 Å². The van der Waals surface area contributed by atoms with Crippen molar-refractivity contribution in [3.63, 3.8) is 0 Å². The molecule has 1 rings (SSSR count). The van der Waals surface area contributed by atoms with Gasteiger partial charge in [-0.1, -0.05) is 25.0 Å². The molecule has 78 nitrogen and oxygen atoms in total. The Kier molecular flexibility index (Phi) is 93.2. The van der Waals surface area contributed by atoms with Gasteiger partial charge >= 0.3 is 78.2 Å². The number of nitrogens with one attached hydrogen (secondary N) is 8. The molecule has 0 saturated heterocycles. The lowest BCUT2D eigenvalue weighted by Gasteiger charge is -2.12. The predicted molar refractivity (Wildman–Crippen MR) is 467 cm³/mol. The predicted octanol–water partition coefficient (Wildman–Crippen LogP) is -6.26. The van der Waals surface area contributed by atoms with Crippen LogP contribution in [-0.2, 0) is 122 Å². The zero-order valence-electron chi connectivity index (χ0n) is 78.4. The third kappa shape index (κ3) is 101. The van der Waals surface area contributed by atoms with Gasteiger partial charge in [0.2, 0.25) is 17.7 Å². The number of carbonyl (C=O) groups is 16. The van der Waals surface area contributed by atoms with Crippen molar-refractivity contribution in [1.29, 1.82) is 0 Å². The molecule has 0 spiro atoms. The number of ether oxygens (including phenoxy) is 6. The molecule has 149 heavy (non-hydrogen) atoms. The molecule has 0 aromatic heterocycles. The number of carboxylic acid groups (broad SMARTS) is 8. The fourth-order valence-corrected chi connectivity index (χ4v) is 8.42. The van der Waals surface area contributed by atoms with Crippen LogP contribution in [0.5, 0.6) is 5.75 Å². The molecule has 0 radical (unpaired) electrons. The van der Waals surface area contributed by atoms with E-state index in [1.807, 2.05) is 31.9 Å². The molecule has 854 valence electrons. The molecular formula is C71H118N16O62. The third-order valence-electron chi connectivity index (χ3n) is 15.5. The van der Waals surface area contributed by atoms with Gasteiger partial charge < -0.3 is 191 Å². The molecule has 24 N–H and O–H groups in total. The second kappa shape index (κ2) is 95.8. The van der Waals surface area contributed by atoms with Crippen LogP contribution in [0.15, 0.2) is 24.3 Å². The second-order valence-electron chi connectivity index (χ2n) is 27.0. The Balaban J connectivity index is -0.000000310. The van der Waals surface area contributed by atoms with Crippen molar-refractivity contribution in [2.45, 2.75) is 170 Å². The maximum Gasteiger partial charge on any atom is 0.413 e. The van der Waals surface area contributed by atoms with E-state index >= 15 is 0 Å². The average Bonchev–Trinajstić information content (AvgIpc) is 0.884. The Hall–Kier alpha value is -17.0. The molecule has 1 aromatic carbocycles. The van der Waals surface area contributed by atoms with Crippen LogP contribution in [0.1, 0.15) is 121 Å². The van der Waals surface area contributed by atoms with Gasteiger partial charge in [-0.05, 0) is 108 Å². The molecule has 8 unspecified atom stereocenters. The number of nitrogens with zero attached hydrogens (tertiary/aromatic N) is 8. The van der Waals surface area contributed by atoms with Crippen molar-refractivity contribution >= 4 is 95.9 Å². The number of carboxylic acids is 8. The van der Waals surface area contributed by atoms with Gasteiger partial charge in [0.25, 0.3) is 40.7 Å². The topological polar surface area (TPSA) is 1170 Å². The van der Waals surface area contributed by atoms with E-state index in [4.69, 9.17) is 95.9 Å². The largest absolute Gasteiger partial charge is 0.480 e. The van der Waals surface area contributed by atoms with Crippen LogP contribution in [-0.4, -0.2) is 412 Å². The first-order valence-electron chi connectivity index (χ1n) is 42.4. The number of alkyl carbamates (subject to hydrolysis) is 4. The lowest BCUT2D eigenvalue weighted by atomic mass is 10.1. The number of aliphatic hydroxyl groups is 8. The summed E-state index contributed by atoms with van der Waals surface area (Å²) in [7, 11) is 0. The fourth-order valence-electron chi connectivity index (χ4n) is 8.42. The number of hydrogen-bond donors (Lipinski definition) is 24. The van der Waals surface area contributed by atoms with Gasteiger partial charge in [-0.25, -0.2) is 62.3 Å². The van der Waals surface area contributed by atoms with Crippen molar-refractivity contribution in [1.82, 2.24) is 42.5 Å². The molecule has 78 heteroatoms. The van der Waals surface area contributed by atoms with Crippen molar-refractivity contribution in [2.24, 2.45) is 0 Å². The number of benzene rings is 1. The summed E-state index contributed by atoms with van der Waals surface area (Å²) in [5.74, 6) is -12.4. The zero-order chi connectivity index (χ0) is 115. The molecular weight excluding hydrogens is 2070 g/mol. The van der Waals surface area contributed by atoms with Crippen LogP contribution in [0.25, 0.3) is 0 Å². The number of carbonyl (C=O) groups excluding carboxylic acids is 8. The summed E-state index contributed by atoms with van der Waals surface area (Å²) in [6.07, 6.45) is 2.09. The standard InChI is InChI=1S/C12H14N2O8.C10H18N2O8.C9H16N2O8.C9H16N2O7.C8H14N2O9.C8H14N2O8.C8H14N2O7.C7H12N2O7/c15-7-10(11(16)17)13-12(18)22-9-3-1-2-8(6-9)4-5-21-14(19)20;13-7-8(9(14)15)11-10(16)19-5-3-1-2-4-6-20-12(17)18;12-6-7(8(13)14)10-9(15)18-4-2-1-3-5-19-11(16)17;12-6-7(9(14)15)10-8(13)4-2-1-3-5-18-11(16)17;11-5-6(7(12)13)9-8(14)18-3-1-17-2-4-19-10(15)16;11-5-6(7(12)13)9-8(14)17-3-1-2-4-18-10(15)16;11-5-6(8(13)14)9-7(12)3-1-2-4-17-10(15)16;10-4-5(7(12)13)8-6(11)2-1-3-16-9(14)15/h1-3,6,10,15H,4-5,7H2,(H,13,18)(H,16,17);8,13H,1-7H2,(H,11,16)(H,14,15);7,12H,1-6H2,(H,10,15)(H,13,14);7,12H,1-6H2,(H,10,13)(H,14,15);6,11H,1-5H2,(H,9,14)(H,12,13);6,11H,1-5H2,(H,9,14)(H,12,13);6,11H,1-5H2,(H,9,12)(H,13,14);5,10H,1-4H2,(H,8,11)(H,12,13). The molecule has 1 aromatic rings. The summed E-state index contributed by atoms with van der Waals surface area (Å²) in [6.45, 7) is -6.84. The third-order valence-corrected chi connectivity index (χ3v) is 15.5. The smallest absolute Gasteiger partial charge is 0.413 e. The maximum absolute atomic E-state index is 11.5. The lowest BCUT2D eigenvalue weighted by molar-refractivity contribution is -0.758. The summed E-state index contributed by atoms with van der Waals surface area (Å²) in [5, 5.41) is 225. The summed E-state index contributed by atoms with van der Waals surface area (Å²) in [6, 6.07) is -4.97. The number of aliphatic hydroxyl groups excluding tert-OH is 8. The second-order valence-corrected chi connectivity index (χ2v) is 27.0. The number of rotatable bonds is 75. The van der Waals surface area contributed by atoms with Gasteiger partial charge in [0.05, 0.1) is 126 Å². The van der Waals surface area contributed by atoms with Crippen LogP contribution >= 0.6 is 0 Å². The highest BCUT2D eigenvalue weighted by molar-refractivity contribution is 5.86. The molecule has 8 amide bonds. The number of unbranched alkanes of at least 4 members (excludes halogenated alkanes) is 9. The first-order valence-corrected chi connectivity index (χ1v) is 42.4. The van der Waals surface area contributed by atoms with Gasteiger partial charge in [0.15, 0.2) is 30.2 Å². The minimum Gasteiger partial charge on any atom is -0.480 e. The van der Waals surface area contributed by atoms with Gasteiger partial charge in [-0.2, -0.15) is 0 Å². The quantitative estimate of drug-likeness (QED) is 0.0125. The highest BCUT2D eigenvalue weighted by Crippen LogP contribution is 2.15. The van der Waals surface area contributed by atoms with Gasteiger partial charge in [-0.3, -0.25) is 14.4 Å². The van der Waals surface area contributed by atoms with E-state index in [1.54, 1.807) is 12.1 Å². The Bertz CT molecular complexity index is 4010. The maximum atomic E-state index is 11.5. The first kappa shape index (κ1) is 145. The van der Waals surface area contributed by atoms with E-state index in [9.17, 15) is 158 Å². The van der Waals surface area contributed by atoms with Crippen molar-refractivity contribution < 1.29 is 266 Å². The van der Waals surface area contributed by atoms with Crippen LogP contribution in [0.4, 0.5) is 24.0 Å². The van der Waals surface area contributed by atoms with E-state index in [-0.39, 0.29) is 130 Å². The van der Waals surface area contributed by atoms with Crippen molar-refractivity contribution in [3.8, 4) is 5.75 Å². The number of amides is 8. The van der Waals surface area contributed by atoms with Gasteiger partial charge in [-0.15, -0.1) is 80.9 Å². The monoisotopic (exact) mass is 2190 g/mol. The van der Waals surface area contributed by atoms with Crippen LogP contribution < -0.4 is 47.3 Å². The molecule has 0 saturated carbocycles. The molecule has 8 atom stereocenters. The molecule has 0 aliphatic rings. The molecule has 0 heterocycles. The van der Waals surface area contributed by atoms with E-state index in [1.165, 1.54) is 12.1 Å². The Morgan fingerprint density at radius 3 is 0.738 bits per heavy atom. The SMILES string of the molecule is O=C(CCCCCO[N+](=O)[O-])NC(CO)C(=O)O.O=C(CCCCO[N+](=O)[O-])NC(CO)C(=O)O.O=C(CCCO[N+](=O)[O-])NC(CO)C(=O)O.O=C(NC(CO)C(=O)O)OCCCCCCO[N+](=O)[O-].O=C(NC(CO)C(=O)O)OCCCCCO[N+](=O)[O-].O=C(NC(CO)C(=O)O)OCCCCO[N+](=O)[O-].O=C(NC(CO)C(=O)O)OCCOCCO[N+](=O)[O-].O=C(NC(CO)C(=O)O)Oc1cccc(CCO[N+](=O)[O-])c1. The highest BCUT2D eigenvalue weighted by atomic mass is 17.0. The van der Waals surface area contributed by atoms with E-state index < -0.39 is 238 Å². The summed E-state index contributed by atoms with van der Waals surface area (Å²) in [4.78, 5) is 284. The highest BCUT2D eigenvalue weighted by Gasteiger charge is 2.27. The summed E-state index contributed by atoms with van der Waals surface area (Å²) in [5.41, 5.74) is 0.629. The van der Waals surface area contributed by atoms with Crippen molar-refractivity contribution in [3.05, 3.63) is 111 Å².